The molecule has 1 N–H and O–H groups in total. The molecule has 0 aromatic rings. The first kappa shape index (κ1) is 9.59. The van der Waals surface area contributed by atoms with E-state index in [2.05, 4.69) is 18.7 Å². The summed E-state index contributed by atoms with van der Waals surface area (Å²) < 4.78 is 0. The summed E-state index contributed by atoms with van der Waals surface area (Å²) in [4.78, 5) is 0. The Morgan fingerprint density at radius 3 is 2.92 bits per heavy atom. The summed E-state index contributed by atoms with van der Waals surface area (Å²) in [6.07, 6.45) is 13.8. The van der Waals surface area contributed by atoms with Crippen LogP contribution in [0.5, 0.6) is 0 Å². The number of hydrogen-bond acceptors (Lipinski definition) is 1. The smallest absolute Gasteiger partial charge is 0.108 e. The second kappa shape index (κ2) is 4.51. The van der Waals surface area contributed by atoms with Gasteiger partial charge in [-0.05, 0) is 18.6 Å². The molecule has 1 aliphatic carbocycles. The third-order valence-electron chi connectivity index (χ3n) is 1.84. The fourth-order valence-electron chi connectivity index (χ4n) is 1.29. The van der Waals surface area contributed by atoms with Crippen LogP contribution in [0.15, 0.2) is 60.4 Å². The molecule has 1 unspecified atom stereocenters. The molecule has 0 amide bonds. The van der Waals surface area contributed by atoms with E-state index in [1.165, 1.54) is 0 Å². The van der Waals surface area contributed by atoms with Crippen LogP contribution in [0, 0.1) is 5.92 Å². The maximum absolute atomic E-state index is 9.04. The van der Waals surface area contributed by atoms with Crippen LogP contribution in [0.25, 0.3) is 0 Å². The van der Waals surface area contributed by atoms with Gasteiger partial charge in [0.25, 0.3) is 0 Å². The van der Waals surface area contributed by atoms with Crippen molar-refractivity contribution in [3.63, 3.8) is 0 Å². The summed E-state index contributed by atoms with van der Waals surface area (Å²) in [5.41, 5.74) is 1.06. The van der Waals surface area contributed by atoms with Crippen molar-refractivity contribution in [1.29, 1.82) is 0 Å². The summed E-state index contributed by atoms with van der Waals surface area (Å²) in [6, 6.07) is 0. The molecule has 0 saturated carbocycles. The van der Waals surface area contributed by atoms with Crippen molar-refractivity contribution in [2.75, 3.05) is 0 Å². The third kappa shape index (κ3) is 2.79. The molecule has 1 nitrogen and oxygen atoms in total. The van der Waals surface area contributed by atoms with Gasteiger partial charge in [0.2, 0.25) is 0 Å². The van der Waals surface area contributed by atoms with E-state index in [1.54, 1.807) is 6.08 Å². The highest BCUT2D eigenvalue weighted by Gasteiger charge is 2.06. The van der Waals surface area contributed by atoms with Gasteiger partial charge in [-0.3, -0.25) is 0 Å². The molecular weight excluding hydrogens is 160 g/mol. The Bertz CT molecular complexity index is 303. The molecular formula is C12H14O. The minimum atomic E-state index is 0.101. The molecule has 1 rings (SSSR count). The molecule has 0 radical (unpaired) electrons. The molecule has 0 heterocycles. The standard InChI is InChI=1S/C12H14O/c1-3-6-11-7-4-5-8-12(11)9-10(2)13/h3-9,11,13H,2H2,1H3/b6-3+,12-9-. The van der Waals surface area contributed by atoms with Gasteiger partial charge >= 0.3 is 0 Å². The van der Waals surface area contributed by atoms with Crippen molar-refractivity contribution < 1.29 is 5.11 Å². The minimum Gasteiger partial charge on any atom is -0.509 e. The lowest BCUT2D eigenvalue weighted by molar-refractivity contribution is 0.434. The summed E-state index contributed by atoms with van der Waals surface area (Å²) in [7, 11) is 0. The van der Waals surface area contributed by atoms with Crippen LogP contribution in [0.2, 0.25) is 0 Å². The van der Waals surface area contributed by atoms with Crippen LogP contribution in [0.3, 0.4) is 0 Å². The van der Waals surface area contributed by atoms with Gasteiger partial charge in [-0.2, -0.15) is 0 Å². The van der Waals surface area contributed by atoms with E-state index < -0.39 is 0 Å². The lowest BCUT2D eigenvalue weighted by atomic mass is 9.93. The molecule has 13 heavy (non-hydrogen) atoms. The van der Waals surface area contributed by atoms with Crippen molar-refractivity contribution in [2.24, 2.45) is 5.92 Å². The van der Waals surface area contributed by atoms with Crippen LogP contribution >= 0.6 is 0 Å². The number of aliphatic hydroxyl groups is 1. The second-order valence-electron chi connectivity index (χ2n) is 2.93. The molecule has 0 fully saturated rings. The third-order valence-corrected chi connectivity index (χ3v) is 1.84. The highest BCUT2D eigenvalue weighted by molar-refractivity contribution is 5.38. The van der Waals surface area contributed by atoms with E-state index in [4.69, 9.17) is 5.11 Å². The summed E-state index contributed by atoms with van der Waals surface area (Å²) in [5, 5.41) is 9.04. The van der Waals surface area contributed by atoms with E-state index >= 15 is 0 Å². The Labute approximate surface area is 79.1 Å². The second-order valence-corrected chi connectivity index (χ2v) is 2.93. The maximum atomic E-state index is 9.04. The van der Waals surface area contributed by atoms with Crippen LogP contribution in [-0.2, 0) is 0 Å². The normalized spacial score (nSPS) is 24.4. The topological polar surface area (TPSA) is 20.2 Å². The van der Waals surface area contributed by atoms with E-state index in [-0.39, 0.29) is 11.7 Å². The van der Waals surface area contributed by atoms with E-state index in [9.17, 15) is 0 Å². The van der Waals surface area contributed by atoms with Gasteiger partial charge in [0.05, 0.1) is 0 Å². The van der Waals surface area contributed by atoms with Crippen LogP contribution < -0.4 is 0 Å². The van der Waals surface area contributed by atoms with Crippen molar-refractivity contribution >= 4 is 0 Å². The lowest BCUT2D eigenvalue weighted by Crippen LogP contribution is -1.98. The molecule has 0 saturated heterocycles. The molecule has 1 aliphatic rings. The zero-order valence-electron chi connectivity index (χ0n) is 7.77. The van der Waals surface area contributed by atoms with Gasteiger partial charge in [0, 0.05) is 5.92 Å². The molecule has 68 valence electrons. The van der Waals surface area contributed by atoms with Crippen LogP contribution in [-0.4, -0.2) is 5.11 Å². The van der Waals surface area contributed by atoms with Gasteiger partial charge in [-0.15, -0.1) is 0 Å². The summed E-state index contributed by atoms with van der Waals surface area (Å²) in [6.45, 7) is 5.42. The van der Waals surface area contributed by atoms with Crippen molar-refractivity contribution in [3.8, 4) is 0 Å². The Balaban J connectivity index is 2.88. The zero-order valence-corrected chi connectivity index (χ0v) is 7.77. The Morgan fingerprint density at radius 2 is 2.31 bits per heavy atom. The fraction of sp³-hybridized carbons (Fsp3) is 0.167. The first-order valence-electron chi connectivity index (χ1n) is 4.31. The van der Waals surface area contributed by atoms with Gasteiger partial charge in [0.1, 0.15) is 5.76 Å². The lowest BCUT2D eigenvalue weighted by Gasteiger charge is -2.12. The Kier molecular flexibility index (Phi) is 3.32. The zero-order chi connectivity index (χ0) is 9.68. The average molecular weight is 174 g/mol. The molecule has 0 aromatic carbocycles. The van der Waals surface area contributed by atoms with Gasteiger partial charge in [-0.1, -0.05) is 43.0 Å². The SMILES string of the molecule is C=C(O)/C=C1/C=CC=CC1/C=C/C. The molecule has 0 aliphatic heterocycles. The highest BCUT2D eigenvalue weighted by Crippen LogP contribution is 2.20. The number of allylic oxidation sites excluding steroid dienone is 8. The monoisotopic (exact) mass is 174 g/mol. The number of rotatable bonds is 2. The van der Waals surface area contributed by atoms with Crippen molar-refractivity contribution in [2.45, 2.75) is 6.92 Å². The largest absolute Gasteiger partial charge is 0.509 e. The predicted molar refractivity (Wildman–Crippen MR) is 56.4 cm³/mol. The summed E-state index contributed by atoms with van der Waals surface area (Å²) in [5.74, 6) is 0.364. The van der Waals surface area contributed by atoms with Gasteiger partial charge in [-0.25, -0.2) is 0 Å². The average Bonchev–Trinajstić information content (AvgIpc) is 2.08. The molecule has 0 bridgehead atoms. The number of hydrogen-bond donors (Lipinski definition) is 1. The van der Waals surface area contributed by atoms with Gasteiger partial charge < -0.3 is 5.11 Å². The molecule has 1 atom stereocenters. The van der Waals surface area contributed by atoms with E-state index in [0.29, 0.717) is 0 Å². The van der Waals surface area contributed by atoms with Crippen LogP contribution in [0.4, 0.5) is 0 Å². The predicted octanol–water partition coefficient (Wildman–Crippen LogP) is 3.30. The van der Waals surface area contributed by atoms with Crippen LogP contribution in [0.1, 0.15) is 6.92 Å². The maximum Gasteiger partial charge on any atom is 0.108 e. The van der Waals surface area contributed by atoms with Crippen molar-refractivity contribution in [3.05, 3.63) is 60.4 Å². The van der Waals surface area contributed by atoms with Crippen molar-refractivity contribution in [1.82, 2.24) is 0 Å². The minimum absolute atomic E-state index is 0.101. The first-order chi connectivity index (χ1) is 6.24. The van der Waals surface area contributed by atoms with E-state index in [0.717, 1.165) is 5.57 Å². The Hall–Kier alpha value is -1.50. The molecule has 1 heteroatoms. The van der Waals surface area contributed by atoms with Gasteiger partial charge in [0.15, 0.2) is 0 Å². The quantitative estimate of drug-likeness (QED) is 0.503. The molecule has 0 spiro atoms. The Morgan fingerprint density at radius 1 is 1.54 bits per heavy atom. The fourth-order valence-corrected chi connectivity index (χ4v) is 1.29. The number of aliphatic hydroxyl groups excluding tert-OH is 1. The molecule has 0 aromatic heterocycles. The highest BCUT2D eigenvalue weighted by atomic mass is 16.3. The summed E-state index contributed by atoms with van der Waals surface area (Å²) >= 11 is 0. The first-order valence-corrected chi connectivity index (χ1v) is 4.31. The van der Waals surface area contributed by atoms with E-state index in [1.807, 2.05) is 31.2 Å².